The van der Waals surface area contributed by atoms with Crippen molar-refractivity contribution in [3.05, 3.63) is 28.8 Å². The van der Waals surface area contributed by atoms with Gasteiger partial charge in [-0.25, -0.2) is 8.78 Å². The van der Waals surface area contributed by atoms with E-state index in [-0.39, 0.29) is 5.02 Å². The second kappa shape index (κ2) is 5.08. The highest BCUT2D eigenvalue weighted by atomic mass is 35.5. The molecule has 0 aliphatic carbocycles. The van der Waals surface area contributed by atoms with Gasteiger partial charge in [0, 0.05) is 10.7 Å². The summed E-state index contributed by atoms with van der Waals surface area (Å²) in [4.78, 5) is 0. The standard InChI is InChI=1S/C10H9ClF5N/c1-5(9(12)13)17-8-3-2-6(11)4-7(8)10(14,15)16/h2-5,9,17H,1H3. The Labute approximate surface area is 99.6 Å². The molecule has 0 spiro atoms. The molecule has 1 aromatic carbocycles. The number of benzene rings is 1. The quantitative estimate of drug-likeness (QED) is 0.804. The van der Waals surface area contributed by atoms with Gasteiger partial charge < -0.3 is 5.32 Å². The molecule has 0 amide bonds. The van der Waals surface area contributed by atoms with Gasteiger partial charge in [0.05, 0.1) is 11.6 Å². The van der Waals surface area contributed by atoms with Crippen molar-refractivity contribution in [2.45, 2.75) is 25.6 Å². The number of nitrogens with one attached hydrogen (secondary N) is 1. The molecule has 1 aromatic rings. The van der Waals surface area contributed by atoms with E-state index < -0.39 is 29.9 Å². The summed E-state index contributed by atoms with van der Waals surface area (Å²) in [5.41, 5.74) is -1.47. The molecule has 0 bridgehead atoms. The van der Waals surface area contributed by atoms with Crippen molar-refractivity contribution in [3.8, 4) is 0 Å². The monoisotopic (exact) mass is 273 g/mol. The van der Waals surface area contributed by atoms with Crippen molar-refractivity contribution < 1.29 is 22.0 Å². The van der Waals surface area contributed by atoms with Crippen molar-refractivity contribution in [1.82, 2.24) is 0 Å². The normalized spacial score (nSPS) is 13.9. The molecule has 1 atom stereocenters. The second-order valence-corrected chi connectivity index (χ2v) is 3.89. The van der Waals surface area contributed by atoms with E-state index in [1.165, 1.54) is 6.07 Å². The van der Waals surface area contributed by atoms with Gasteiger partial charge >= 0.3 is 6.18 Å². The Morgan fingerprint density at radius 3 is 2.29 bits per heavy atom. The van der Waals surface area contributed by atoms with Crippen molar-refractivity contribution in [1.29, 1.82) is 0 Å². The Balaban J connectivity index is 3.07. The van der Waals surface area contributed by atoms with Crippen LogP contribution in [0.25, 0.3) is 0 Å². The van der Waals surface area contributed by atoms with Gasteiger partial charge in [0.25, 0.3) is 6.43 Å². The highest BCUT2D eigenvalue weighted by Crippen LogP contribution is 2.36. The highest BCUT2D eigenvalue weighted by molar-refractivity contribution is 6.30. The summed E-state index contributed by atoms with van der Waals surface area (Å²) in [6, 6.07) is 1.56. The molecular formula is C10H9ClF5N. The Bertz CT molecular complexity index is 391. The highest BCUT2D eigenvalue weighted by Gasteiger charge is 2.34. The van der Waals surface area contributed by atoms with Crippen LogP contribution in [0, 0.1) is 0 Å². The smallest absolute Gasteiger partial charge is 0.376 e. The van der Waals surface area contributed by atoms with Gasteiger partial charge in [0.15, 0.2) is 0 Å². The van der Waals surface area contributed by atoms with Gasteiger partial charge in [0.2, 0.25) is 0 Å². The van der Waals surface area contributed by atoms with Crippen LogP contribution < -0.4 is 5.32 Å². The lowest BCUT2D eigenvalue weighted by molar-refractivity contribution is -0.137. The minimum atomic E-state index is -4.64. The maximum Gasteiger partial charge on any atom is 0.418 e. The molecule has 0 saturated heterocycles. The predicted molar refractivity (Wildman–Crippen MR) is 55.5 cm³/mol. The minimum Gasteiger partial charge on any atom is -0.376 e. The summed E-state index contributed by atoms with van der Waals surface area (Å²) in [6.07, 6.45) is -7.40. The average Bonchev–Trinajstić information content (AvgIpc) is 2.18. The Morgan fingerprint density at radius 1 is 1.24 bits per heavy atom. The van der Waals surface area contributed by atoms with Crippen molar-refractivity contribution >= 4 is 17.3 Å². The molecule has 0 aromatic heterocycles. The Hall–Kier alpha value is -1.04. The molecule has 1 nitrogen and oxygen atoms in total. The maximum absolute atomic E-state index is 12.6. The summed E-state index contributed by atoms with van der Waals surface area (Å²) in [7, 11) is 0. The van der Waals surface area contributed by atoms with Gasteiger partial charge in [-0.1, -0.05) is 11.6 Å². The fraction of sp³-hybridized carbons (Fsp3) is 0.400. The molecule has 7 heteroatoms. The van der Waals surface area contributed by atoms with Gasteiger partial charge in [0.1, 0.15) is 0 Å². The predicted octanol–water partition coefficient (Wildman–Crippen LogP) is 4.42. The summed E-state index contributed by atoms with van der Waals surface area (Å²) in [5.74, 6) is 0. The van der Waals surface area contributed by atoms with Crippen LogP contribution in [0.15, 0.2) is 18.2 Å². The Kier molecular flexibility index (Phi) is 4.19. The zero-order chi connectivity index (χ0) is 13.2. The number of rotatable bonds is 3. The zero-order valence-corrected chi connectivity index (χ0v) is 9.41. The fourth-order valence-electron chi connectivity index (χ4n) is 1.19. The average molecular weight is 274 g/mol. The summed E-state index contributed by atoms with van der Waals surface area (Å²) in [6.45, 7) is 1.10. The molecule has 0 radical (unpaired) electrons. The number of hydrogen-bond donors (Lipinski definition) is 1. The third kappa shape index (κ3) is 3.73. The molecule has 17 heavy (non-hydrogen) atoms. The van der Waals surface area contributed by atoms with E-state index in [1.54, 1.807) is 0 Å². The van der Waals surface area contributed by atoms with E-state index in [1.807, 2.05) is 0 Å². The summed E-state index contributed by atoms with van der Waals surface area (Å²) < 4.78 is 62.3. The van der Waals surface area contributed by atoms with Gasteiger partial charge in [-0.05, 0) is 25.1 Å². The first-order valence-corrected chi connectivity index (χ1v) is 5.01. The number of hydrogen-bond acceptors (Lipinski definition) is 1. The third-order valence-electron chi connectivity index (χ3n) is 2.05. The molecule has 0 aliphatic rings. The topological polar surface area (TPSA) is 12.0 Å². The van der Waals surface area contributed by atoms with Gasteiger partial charge in [-0.3, -0.25) is 0 Å². The van der Waals surface area contributed by atoms with Crippen LogP contribution >= 0.6 is 11.6 Å². The number of alkyl halides is 5. The van der Waals surface area contributed by atoms with E-state index in [0.717, 1.165) is 13.0 Å². The van der Waals surface area contributed by atoms with Crippen LogP contribution in [0.2, 0.25) is 5.02 Å². The fourth-order valence-corrected chi connectivity index (χ4v) is 1.36. The van der Waals surface area contributed by atoms with E-state index in [0.29, 0.717) is 6.07 Å². The van der Waals surface area contributed by atoms with Crippen LogP contribution in [-0.2, 0) is 6.18 Å². The largest absolute Gasteiger partial charge is 0.418 e. The molecule has 0 aliphatic heterocycles. The minimum absolute atomic E-state index is 0.104. The number of halogens is 6. The molecular weight excluding hydrogens is 265 g/mol. The second-order valence-electron chi connectivity index (χ2n) is 3.46. The lowest BCUT2D eigenvalue weighted by Gasteiger charge is -2.19. The van der Waals surface area contributed by atoms with E-state index in [2.05, 4.69) is 5.32 Å². The van der Waals surface area contributed by atoms with E-state index >= 15 is 0 Å². The van der Waals surface area contributed by atoms with Crippen LogP contribution in [0.4, 0.5) is 27.6 Å². The first-order chi connectivity index (χ1) is 7.71. The molecule has 1 N–H and O–H groups in total. The zero-order valence-electron chi connectivity index (χ0n) is 8.65. The maximum atomic E-state index is 12.6. The lowest BCUT2D eigenvalue weighted by Crippen LogP contribution is -2.25. The first-order valence-electron chi connectivity index (χ1n) is 4.63. The van der Waals surface area contributed by atoms with Crippen LogP contribution in [0.1, 0.15) is 12.5 Å². The summed E-state index contributed by atoms with van der Waals surface area (Å²) >= 11 is 5.45. The lowest BCUT2D eigenvalue weighted by atomic mass is 10.1. The van der Waals surface area contributed by atoms with Crippen LogP contribution in [0.3, 0.4) is 0 Å². The SMILES string of the molecule is CC(Nc1ccc(Cl)cc1C(F)(F)F)C(F)F. The molecule has 0 saturated carbocycles. The molecule has 0 fully saturated rings. The van der Waals surface area contributed by atoms with Gasteiger partial charge in [-0.2, -0.15) is 13.2 Å². The van der Waals surface area contributed by atoms with Gasteiger partial charge in [-0.15, -0.1) is 0 Å². The van der Waals surface area contributed by atoms with Crippen molar-refractivity contribution in [2.24, 2.45) is 0 Å². The van der Waals surface area contributed by atoms with Crippen molar-refractivity contribution in [3.63, 3.8) is 0 Å². The number of anilines is 1. The Morgan fingerprint density at radius 2 is 1.82 bits per heavy atom. The van der Waals surface area contributed by atoms with E-state index in [9.17, 15) is 22.0 Å². The molecule has 96 valence electrons. The summed E-state index contributed by atoms with van der Waals surface area (Å²) in [5, 5.41) is 2.01. The van der Waals surface area contributed by atoms with Crippen LogP contribution in [-0.4, -0.2) is 12.5 Å². The van der Waals surface area contributed by atoms with Crippen molar-refractivity contribution in [2.75, 3.05) is 5.32 Å². The molecule has 0 heterocycles. The third-order valence-corrected chi connectivity index (χ3v) is 2.28. The van der Waals surface area contributed by atoms with Crippen LogP contribution in [0.5, 0.6) is 0 Å². The first kappa shape index (κ1) is 14.0. The molecule has 1 unspecified atom stereocenters. The molecule has 1 rings (SSSR count). The van der Waals surface area contributed by atoms with E-state index in [4.69, 9.17) is 11.6 Å².